The van der Waals surface area contributed by atoms with Gasteiger partial charge in [0, 0.05) is 12.2 Å². The van der Waals surface area contributed by atoms with Crippen LogP contribution < -0.4 is 5.73 Å². The van der Waals surface area contributed by atoms with Crippen LogP contribution in [0, 0.1) is 0 Å². The summed E-state index contributed by atoms with van der Waals surface area (Å²) in [5.74, 6) is 0.265. The number of hydrogen-bond donors (Lipinski definition) is 1. The number of nitrogens with zero attached hydrogens (tertiary/aromatic N) is 2. The quantitative estimate of drug-likeness (QED) is 0.902. The first kappa shape index (κ1) is 13.5. The molecular weight excluding hydrogens is 250 g/mol. The van der Waals surface area contributed by atoms with Gasteiger partial charge in [0.15, 0.2) is 9.84 Å². The SMILES string of the molecule is CC(C)n1nccc1C(N)C1CCCCS1(=O)=O. The molecule has 0 aliphatic carbocycles. The maximum atomic E-state index is 12.1. The Hall–Kier alpha value is -0.880. The summed E-state index contributed by atoms with van der Waals surface area (Å²) in [6, 6.07) is 1.54. The summed E-state index contributed by atoms with van der Waals surface area (Å²) in [6.07, 6.45) is 4.04. The van der Waals surface area contributed by atoms with Crippen LogP contribution in [0.4, 0.5) is 0 Å². The van der Waals surface area contributed by atoms with Crippen LogP contribution in [0.1, 0.15) is 50.9 Å². The van der Waals surface area contributed by atoms with Crippen LogP contribution in [-0.2, 0) is 9.84 Å². The van der Waals surface area contributed by atoms with E-state index in [4.69, 9.17) is 5.73 Å². The van der Waals surface area contributed by atoms with Gasteiger partial charge in [-0.2, -0.15) is 5.10 Å². The number of aromatic nitrogens is 2. The number of nitrogens with two attached hydrogens (primary N) is 1. The first-order valence-electron chi connectivity index (χ1n) is 6.44. The molecule has 2 atom stereocenters. The first-order chi connectivity index (χ1) is 8.43. The molecule has 1 saturated heterocycles. The zero-order valence-electron chi connectivity index (χ0n) is 10.9. The second-order valence-corrected chi connectivity index (χ2v) is 7.56. The molecule has 0 radical (unpaired) electrons. The van der Waals surface area contributed by atoms with E-state index in [0.717, 1.165) is 18.5 Å². The van der Waals surface area contributed by atoms with Crippen molar-refractivity contribution in [1.82, 2.24) is 9.78 Å². The summed E-state index contributed by atoms with van der Waals surface area (Å²) in [5.41, 5.74) is 7.01. The molecule has 1 aromatic heterocycles. The maximum Gasteiger partial charge on any atom is 0.155 e. The van der Waals surface area contributed by atoms with Gasteiger partial charge in [-0.3, -0.25) is 4.68 Å². The van der Waals surface area contributed by atoms with Crippen LogP contribution in [0.15, 0.2) is 12.3 Å². The molecule has 1 aliphatic rings. The highest BCUT2D eigenvalue weighted by atomic mass is 32.2. The minimum Gasteiger partial charge on any atom is -0.322 e. The van der Waals surface area contributed by atoms with E-state index in [1.54, 1.807) is 6.20 Å². The lowest BCUT2D eigenvalue weighted by Crippen LogP contribution is -2.39. The van der Waals surface area contributed by atoms with Gasteiger partial charge in [0.1, 0.15) is 0 Å². The van der Waals surface area contributed by atoms with E-state index in [1.807, 2.05) is 24.6 Å². The summed E-state index contributed by atoms with van der Waals surface area (Å²) in [4.78, 5) is 0. The van der Waals surface area contributed by atoms with Crippen molar-refractivity contribution in [3.8, 4) is 0 Å². The van der Waals surface area contributed by atoms with Crippen LogP contribution in [0.25, 0.3) is 0 Å². The third-order valence-corrected chi connectivity index (χ3v) is 5.87. The molecule has 0 amide bonds. The van der Waals surface area contributed by atoms with Crippen molar-refractivity contribution >= 4 is 9.84 Å². The molecule has 2 heterocycles. The molecule has 18 heavy (non-hydrogen) atoms. The maximum absolute atomic E-state index is 12.1. The van der Waals surface area contributed by atoms with E-state index in [9.17, 15) is 8.42 Å². The highest BCUT2D eigenvalue weighted by Crippen LogP contribution is 2.29. The van der Waals surface area contributed by atoms with Gasteiger partial charge in [0.05, 0.1) is 22.7 Å². The topological polar surface area (TPSA) is 78.0 Å². The molecule has 2 N–H and O–H groups in total. The lowest BCUT2D eigenvalue weighted by Gasteiger charge is -2.28. The Morgan fingerprint density at radius 1 is 1.44 bits per heavy atom. The average molecular weight is 271 g/mol. The number of rotatable bonds is 3. The van der Waals surface area contributed by atoms with E-state index in [2.05, 4.69) is 5.10 Å². The lowest BCUT2D eigenvalue weighted by atomic mass is 10.0. The molecule has 5 nitrogen and oxygen atoms in total. The molecule has 6 heteroatoms. The van der Waals surface area contributed by atoms with Crippen molar-refractivity contribution < 1.29 is 8.42 Å². The minimum absolute atomic E-state index is 0.187. The second-order valence-electron chi connectivity index (χ2n) is 5.22. The predicted molar refractivity (Wildman–Crippen MR) is 71.0 cm³/mol. The van der Waals surface area contributed by atoms with Gasteiger partial charge in [-0.05, 0) is 32.8 Å². The Morgan fingerprint density at radius 2 is 2.17 bits per heavy atom. The fourth-order valence-corrected chi connectivity index (χ4v) is 4.61. The Balaban J connectivity index is 2.30. The van der Waals surface area contributed by atoms with Crippen LogP contribution in [0.3, 0.4) is 0 Å². The van der Waals surface area contributed by atoms with Crippen molar-refractivity contribution in [2.75, 3.05) is 5.75 Å². The normalized spacial score (nSPS) is 25.2. The van der Waals surface area contributed by atoms with Gasteiger partial charge in [-0.15, -0.1) is 0 Å². The van der Waals surface area contributed by atoms with Gasteiger partial charge in [0.25, 0.3) is 0 Å². The molecule has 0 bridgehead atoms. The molecule has 0 spiro atoms. The molecule has 102 valence electrons. The number of hydrogen-bond acceptors (Lipinski definition) is 4. The molecular formula is C12H21N3O2S. The van der Waals surface area contributed by atoms with Gasteiger partial charge < -0.3 is 5.73 Å². The zero-order chi connectivity index (χ0) is 13.3. The largest absolute Gasteiger partial charge is 0.322 e. The highest BCUT2D eigenvalue weighted by Gasteiger charge is 2.35. The van der Waals surface area contributed by atoms with Gasteiger partial charge in [-0.25, -0.2) is 8.42 Å². The van der Waals surface area contributed by atoms with E-state index in [1.165, 1.54) is 0 Å². The monoisotopic (exact) mass is 271 g/mol. The van der Waals surface area contributed by atoms with E-state index < -0.39 is 21.1 Å². The average Bonchev–Trinajstić information content (AvgIpc) is 2.76. The molecule has 1 aliphatic heterocycles. The fraction of sp³-hybridized carbons (Fsp3) is 0.750. The minimum atomic E-state index is -3.06. The molecule has 0 saturated carbocycles. The summed E-state index contributed by atoms with van der Waals surface area (Å²) in [7, 11) is -3.06. The molecule has 2 rings (SSSR count). The van der Waals surface area contributed by atoms with Crippen LogP contribution >= 0.6 is 0 Å². The van der Waals surface area contributed by atoms with E-state index in [0.29, 0.717) is 6.42 Å². The summed E-state index contributed by atoms with van der Waals surface area (Å²) in [5, 5.41) is 3.76. The Morgan fingerprint density at radius 3 is 2.78 bits per heavy atom. The molecule has 1 aromatic rings. The summed E-state index contributed by atoms with van der Waals surface area (Å²) in [6.45, 7) is 4.02. The van der Waals surface area contributed by atoms with Gasteiger partial charge in [0.2, 0.25) is 0 Å². The zero-order valence-corrected chi connectivity index (χ0v) is 11.7. The third-order valence-electron chi connectivity index (χ3n) is 3.56. The number of sulfone groups is 1. The van der Waals surface area contributed by atoms with Crippen molar-refractivity contribution in [2.45, 2.75) is 50.4 Å². The first-order valence-corrected chi connectivity index (χ1v) is 8.15. The third kappa shape index (κ3) is 2.44. The van der Waals surface area contributed by atoms with Crippen molar-refractivity contribution in [2.24, 2.45) is 5.73 Å². The summed E-state index contributed by atoms with van der Waals surface area (Å²) < 4.78 is 26.0. The van der Waals surface area contributed by atoms with Crippen molar-refractivity contribution in [3.63, 3.8) is 0 Å². The Labute approximate surface area is 108 Å². The highest BCUT2D eigenvalue weighted by molar-refractivity contribution is 7.92. The fourth-order valence-electron chi connectivity index (χ4n) is 2.59. The lowest BCUT2D eigenvalue weighted by molar-refractivity contribution is 0.453. The van der Waals surface area contributed by atoms with E-state index in [-0.39, 0.29) is 11.8 Å². The van der Waals surface area contributed by atoms with Crippen LogP contribution in [0.2, 0.25) is 0 Å². The van der Waals surface area contributed by atoms with Crippen LogP contribution in [-0.4, -0.2) is 29.2 Å². The van der Waals surface area contributed by atoms with Crippen molar-refractivity contribution in [1.29, 1.82) is 0 Å². The Kier molecular flexibility index (Phi) is 3.77. The van der Waals surface area contributed by atoms with Gasteiger partial charge in [-0.1, -0.05) is 6.42 Å². The standard InChI is InChI=1S/C12H21N3O2S/c1-9(2)15-10(6-7-14-15)12(13)11-5-3-4-8-18(11,16)17/h6-7,9,11-12H,3-5,8,13H2,1-2H3. The second kappa shape index (κ2) is 5.01. The summed E-state index contributed by atoms with van der Waals surface area (Å²) >= 11 is 0. The molecule has 1 fully saturated rings. The van der Waals surface area contributed by atoms with Gasteiger partial charge >= 0.3 is 0 Å². The Bertz CT molecular complexity index is 507. The van der Waals surface area contributed by atoms with Crippen molar-refractivity contribution in [3.05, 3.63) is 18.0 Å². The smallest absolute Gasteiger partial charge is 0.155 e. The molecule has 0 aromatic carbocycles. The van der Waals surface area contributed by atoms with E-state index >= 15 is 0 Å². The van der Waals surface area contributed by atoms with Crippen LogP contribution in [0.5, 0.6) is 0 Å². The molecule has 2 unspecified atom stereocenters. The predicted octanol–water partition coefficient (Wildman–Crippen LogP) is 1.43.